The van der Waals surface area contributed by atoms with Crippen LogP contribution in [0.1, 0.15) is 0 Å². The summed E-state index contributed by atoms with van der Waals surface area (Å²) < 4.78 is 0. The van der Waals surface area contributed by atoms with Gasteiger partial charge < -0.3 is 0 Å². The molecule has 1 fully saturated rings. The lowest BCUT2D eigenvalue weighted by atomic mass is 10.4. The van der Waals surface area contributed by atoms with Crippen molar-refractivity contribution in [1.82, 2.24) is 4.90 Å². The van der Waals surface area contributed by atoms with E-state index < -0.39 is 0 Å². The Bertz CT molecular complexity index is 130. The molecule has 2 heteroatoms. The maximum atomic E-state index is 3.73. The Kier molecular flexibility index (Phi) is 3.73. The highest BCUT2D eigenvalue weighted by Crippen LogP contribution is 2.30. The summed E-state index contributed by atoms with van der Waals surface area (Å²) in [4.78, 5) is 2.37. The van der Waals surface area contributed by atoms with Gasteiger partial charge in [-0.15, -0.1) is 13.2 Å². The Morgan fingerprint density at radius 1 is 1.36 bits per heavy atom. The molecule has 1 heterocycles. The van der Waals surface area contributed by atoms with Crippen molar-refractivity contribution in [3.05, 3.63) is 25.3 Å². The Morgan fingerprint density at radius 2 is 1.91 bits per heavy atom. The van der Waals surface area contributed by atoms with Crippen molar-refractivity contribution in [2.24, 2.45) is 0 Å². The van der Waals surface area contributed by atoms with Crippen LogP contribution in [0.5, 0.6) is 0 Å². The van der Waals surface area contributed by atoms with Crippen LogP contribution < -0.4 is 0 Å². The van der Waals surface area contributed by atoms with Crippen molar-refractivity contribution in [3.8, 4) is 0 Å². The van der Waals surface area contributed by atoms with Gasteiger partial charge in [0.15, 0.2) is 0 Å². The van der Waals surface area contributed by atoms with Crippen LogP contribution in [-0.4, -0.2) is 35.5 Å². The topological polar surface area (TPSA) is 3.24 Å². The summed E-state index contributed by atoms with van der Waals surface area (Å²) in [6, 6.07) is 0. The van der Waals surface area contributed by atoms with E-state index in [1.165, 1.54) is 12.3 Å². The van der Waals surface area contributed by atoms with Crippen LogP contribution >= 0.6 is 11.8 Å². The molecule has 0 saturated carbocycles. The summed E-state index contributed by atoms with van der Waals surface area (Å²) >= 11 is 2.04. The third-order valence-corrected chi connectivity index (χ3v) is 2.59. The molecule has 0 aromatic heterocycles. The first-order valence-corrected chi connectivity index (χ1v) is 4.97. The van der Waals surface area contributed by atoms with E-state index in [-0.39, 0.29) is 0 Å². The first-order chi connectivity index (χ1) is 5.36. The van der Waals surface area contributed by atoms with Crippen molar-refractivity contribution in [2.75, 3.05) is 25.4 Å². The molecule has 0 amide bonds. The second kappa shape index (κ2) is 4.62. The van der Waals surface area contributed by atoms with Crippen LogP contribution in [0.4, 0.5) is 0 Å². The Morgan fingerprint density at radius 3 is 2.27 bits per heavy atom. The van der Waals surface area contributed by atoms with E-state index in [2.05, 4.69) is 18.1 Å². The SMILES string of the molecule is C=CCN(CC=C)CC1CS1. The highest BCUT2D eigenvalue weighted by molar-refractivity contribution is 8.06. The van der Waals surface area contributed by atoms with Crippen molar-refractivity contribution in [2.45, 2.75) is 5.25 Å². The van der Waals surface area contributed by atoms with Crippen molar-refractivity contribution in [3.63, 3.8) is 0 Å². The molecule has 1 rings (SSSR count). The van der Waals surface area contributed by atoms with Crippen LogP contribution in [0.2, 0.25) is 0 Å². The third-order valence-electron chi connectivity index (χ3n) is 1.64. The van der Waals surface area contributed by atoms with Gasteiger partial charge in [0.1, 0.15) is 0 Å². The minimum atomic E-state index is 0.884. The first kappa shape index (κ1) is 8.88. The molecule has 0 aromatic carbocycles. The van der Waals surface area contributed by atoms with Crippen molar-refractivity contribution in [1.29, 1.82) is 0 Å². The lowest BCUT2D eigenvalue weighted by molar-refractivity contribution is 0.346. The standard InChI is InChI=1S/C9H15NS/c1-3-5-10(6-4-2)7-9-8-11-9/h3-4,9H,1-2,5-8H2. The Labute approximate surface area is 73.2 Å². The summed E-state index contributed by atoms with van der Waals surface area (Å²) in [5.74, 6) is 1.34. The molecule has 0 radical (unpaired) electrons. The Hall–Kier alpha value is -0.210. The Balaban J connectivity index is 2.18. The molecule has 0 spiro atoms. The van der Waals surface area contributed by atoms with E-state index in [1.54, 1.807) is 0 Å². The van der Waals surface area contributed by atoms with E-state index in [4.69, 9.17) is 0 Å². The maximum absolute atomic E-state index is 3.73. The van der Waals surface area contributed by atoms with E-state index in [0.29, 0.717) is 0 Å². The zero-order valence-corrected chi connectivity index (χ0v) is 7.65. The minimum Gasteiger partial charge on any atom is -0.295 e. The van der Waals surface area contributed by atoms with Gasteiger partial charge in [-0.3, -0.25) is 4.90 Å². The summed E-state index contributed by atoms with van der Waals surface area (Å²) in [5.41, 5.74) is 0. The normalized spacial score (nSPS) is 21.7. The molecule has 0 N–H and O–H groups in total. The number of thioether (sulfide) groups is 1. The number of nitrogens with zero attached hydrogens (tertiary/aromatic N) is 1. The third kappa shape index (κ3) is 3.63. The van der Waals surface area contributed by atoms with Crippen LogP contribution in [0.25, 0.3) is 0 Å². The molecule has 0 bridgehead atoms. The fourth-order valence-corrected chi connectivity index (χ4v) is 1.61. The average molecular weight is 169 g/mol. The molecule has 1 saturated heterocycles. The van der Waals surface area contributed by atoms with Gasteiger partial charge in [0.05, 0.1) is 0 Å². The first-order valence-electron chi connectivity index (χ1n) is 3.92. The second-order valence-electron chi connectivity index (χ2n) is 2.75. The van der Waals surface area contributed by atoms with E-state index in [1.807, 2.05) is 23.9 Å². The van der Waals surface area contributed by atoms with E-state index in [9.17, 15) is 0 Å². The molecule has 1 nitrogen and oxygen atoms in total. The predicted octanol–water partition coefficient (Wildman–Crippen LogP) is 1.78. The summed E-state index contributed by atoms with van der Waals surface area (Å²) in [7, 11) is 0. The highest BCUT2D eigenvalue weighted by Gasteiger charge is 2.23. The number of hydrogen-bond acceptors (Lipinski definition) is 2. The van der Waals surface area contributed by atoms with Crippen LogP contribution in [0, 0.1) is 0 Å². The van der Waals surface area contributed by atoms with Gasteiger partial charge in [-0.2, -0.15) is 11.8 Å². The molecule has 1 aliphatic rings. The highest BCUT2D eigenvalue weighted by atomic mass is 32.2. The summed E-state index contributed by atoms with van der Waals surface area (Å²) in [5, 5.41) is 0.884. The molecule has 0 aromatic rings. The van der Waals surface area contributed by atoms with Gasteiger partial charge in [-0.25, -0.2) is 0 Å². The van der Waals surface area contributed by atoms with Gasteiger partial charge in [-0.1, -0.05) is 12.2 Å². The molecule has 0 aliphatic carbocycles. The van der Waals surface area contributed by atoms with Crippen molar-refractivity contribution >= 4 is 11.8 Å². The summed E-state index contributed by atoms with van der Waals surface area (Å²) in [6.07, 6.45) is 3.91. The quantitative estimate of drug-likeness (QED) is 0.440. The zero-order valence-electron chi connectivity index (χ0n) is 6.83. The van der Waals surface area contributed by atoms with Gasteiger partial charge in [0, 0.05) is 30.6 Å². The minimum absolute atomic E-state index is 0.884. The largest absolute Gasteiger partial charge is 0.295 e. The maximum Gasteiger partial charge on any atom is 0.0266 e. The zero-order chi connectivity index (χ0) is 8.10. The average Bonchev–Trinajstić information content (AvgIpc) is 2.73. The lowest BCUT2D eigenvalue weighted by Gasteiger charge is -2.17. The van der Waals surface area contributed by atoms with Crippen LogP contribution in [0.3, 0.4) is 0 Å². The fourth-order valence-electron chi connectivity index (χ4n) is 1.05. The van der Waals surface area contributed by atoms with E-state index in [0.717, 1.165) is 18.3 Å². The fraction of sp³-hybridized carbons (Fsp3) is 0.556. The predicted molar refractivity (Wildman–Crippen MR) is 53.1 cm³/mol. The van der Waals surface area contributed by atoms with Gasteiger partial charge >= 0.3 is 0 Å². The van der Waals surface area contributed by atoms with Crippen molar-refractivity contribution < 1.29 is 0 Å². The smallest absolute Gasteiger partial charge is 0.0266 e. The molecular weight excluding hydrogens is 154 g/mol. The molecule has 1 atom stereocenters. The molecular formula is C9H15NS. The molecule has 11 heavy (non-hydrogen) atoms. The second-order valence-corrected chi connectivity index (χ2v) is 4.08. The number of hydrogen-bond donors (Lipinski definition) is 0. The van der Waals surface area contributed by atoms with Gasteiger partial charge in [0.2, 0.25) is 0 Å². The van der Waals surface area contributed by atoms with Gasteiger partial charge in [0.25, 0.3) is 0 Å². The molecule has 1 unspecified atom stereocenters. The van der Waals surface area contributed by atoms with Gasteiger partial charge in [-0.05, 0) is 0 Å². The monoisotopic (exact) mass is 169 g/mol. The molecule has 62 valence electrons. The van der Waals surface area contributed by atoms with Crippen LogP contribution in [0.15, 0.2) is 25.3 Å². The van der Waals surface area contributed by atoms with Crippen LogP contribution in [-0.2, 0) is 0 Å². The number of rotatable bonds is 6. The van der Waals surface area contributed by atoms with E-state index >= 15 is 0 Å². The summed E-state index contributed by atoms with van der Waals surface area (Å²) in [6.45, 7) is 10.6. The lowest BCUT2D eigenvalue weighted by Crippen LogP contribution is -2.27. The molecule has 1 aliphatic heterocycles.